The molecule has 0 spiro atoms. The van der Waals surface area contributed by atoms with Crippen LogP contribution in [-0.2, 0) is 0 Å². The first-order valence-electron chi connectivity index (χ1n) is 6.70. The predicted molar refractivity (Wildman–Crippen MR) is 74.4 cm³/mol. The zero-order valence-corrected chi connectivity index (χ0v) is 11.6. The molecule has 5 heteroatoms. The zero-order chi connectivity index (χ0) is 14.3. The van der Waals surface area contributed by atoms with E-state index in [4.69, 9.17) is 15.6 Å². The van der Waals surface area contributed by atoms with Gasteiger partial charge in [0.1, 0.15) is 0 Å². The molecule has 0 aromatic carbocycles. The van der Waals surface area contributed by atoms with Gasteiger partial charge in [-0.05, 0) is 18.4 Å². The number of unbranched alkanes of at least 4 members (excludes halogenated alkanes) is 1. The molecular weight excluding hydrogens is 244 g/mol. The second-order valence-corrected chi connectivity index (χ2v) is 4.65. The number of aromatic carboxylic acids is 1. The van der Waals surface area contributed by atoms with E-state index in [0.29, 0.717) is 18.4 Å². The largest absolute Gasteiger partial charge is 0.478 e. The minimum atomic E-state index is -1.04. The number of hydrogen-bond acceptors (Lipinski definition) is 4. The smallest absolute Gasteiger partial charge is 0.337 e. The summed E-state index contributed by atoms with van der Waals surface area (Å²) in [6, 6.07) is 1.37. The molecule has 1 heterocycles. The van der Waals surface area contributed by atoms with Crippen LogP contribution in [0.4, 0.5) is 5.69 Å². The molecule has 5 nitrogen and oxygen atoms in total. The maximum Gasteiger partial charge on any atom is 0.337 e. The summed E-state index contributed by atoms with van der Waals surface area (Å²) in [6.45, 7) is 4.87. The maximum absolute atomic E-state index is 10.8. The Morgan fingerprint density at radius 1 is 1.53 bits per heavy atom. The van der Waals surface area contributed by atoms with Gasteiger partial charge >= 0.3 is 5.97 Å². The number of aromatic nitrogens is 1. The highest BCUT2D eigenvalue weighted by Crippen LogP contribution is 2.21. The molecule has 106 valence electrons. The third-order valence-electron chi connectivity index (χ3n) is 3.12. The Hall–Kier alpha value is -1.78. The van der Waals surface area contributed by atoms with Crippen LogP contribution in [0.3, 0.4) is 0 Å². The lowest BCUT2D eigenvalue weighted by Gasteiger charge is -2.15. The molecule has 0 fully saturated rings. The van der Waals surface area contributed by atoms with Gasteiger partial charge in [0.15, 0.2) is 0 Å². The molecule has 1 aromatic rings. The van der Waals surface area contributed by atoms with Crippen molar-refractivity contribution in [1.82, 2.24) is 4.98 Å². The minimum Gasteiger partial charge on any atom is -0.478 e. The lowest BCUT2D eigenvalue weighted by atomic mass is 10.0. The fraction of sp³-hybridized carbons (Fsp3) is 0.571. The normalized spacial score (nSPS) is 12.1. The van der Waals surface area contributed by atoms with Gasteiger partial charge < -0.3 is 15.6 Å². The van der Waals surface area contributed by atoms with E-state index in [0.717, 1.165) is 12.8 Å². The van der Waals surface area contributed by atoms with Crippen LogP contribution < -0.4 is 10.5 Å². The van der Waals surface area contributed by atoms with Crippen LogP contribution >= 0.6 is 0 Å². The van der Waals surface area contributed by atoms with Gasteiger partial charge in [-0.15, -0.1) is 0 Å². The van der Waals surface area contributed by atoms with Crippen LogP contribution in [0, 0.1) is 5.92 Å². The molecule has 19 heavy (non-hydrogen) atoms. The van der Waals surface area contributed by atoms with Crippen LogP contribution in [-0.4, -0.2) is 22.7 Å². The average molecular weight is 266 g/mol. The van der Waals surface area contributed by atoms with Gasteiger partial charge in [0, 0.05) is 6.20 Å². The van der Waals surface area contributed by atoms with Crippen molar-refractivity contribution < 1.29 is 14.6 Å². The molecule has 0 aliphatic carbocycles. The Kier molecular flexibility index (Phi) is 6.12. The number of nitrogens with zero attached hydrogens (tertiary/aromatic N) is 1. The molecule has 1 atom stereocenters. The van der Waals surface area contributed by atoms with Crippen molar-refractivity contribution in [3.63, 3.8) is 0 Å². The average Bonchev–Trinajstić information content (AvgIpc) is 2.40. The summed E-state index contributed by atoms with van der Waals surface area (Å²) in [5.41, 5.74) is 6.08. The van der Waals surface area contributed by atoms with Gasteiger partial charge in [-0.2, -0.15) is 0 Å². The van der Waals surface area contributed by atoms with Gasteiger partial charge in [-0.25, -0.2) is 9.78 Å². The molecule has 3 N–H and O–H groups in total. The molecule has 0 aliphatic rings. The SMILES string of the molecule is CCCCC(CC)COc1ncc(C(=O)O)cc1N. The van der Waals surface area contributed by atoms with E-state index in [-0.39, 0.29) is 11.3 Å². The molecule has 0 saturated carbocycles. The number of nitrogens with two attached hydrogens (primary N) is 1. The molecule has 0 bridgehead atoms. The third kappa shape index (κ3) is 4.77. The second kappa shape index (κ2) is 7.61. The van der Waals surface area contributed by atoms with E-state index in [1.165, 1.54) is 25.1 Å². The number of carboxylic acids is 1. The molecule has 0 saturated heterocycles. The summed E-state index contributed by atoms with van der Waals surface area (Å²) in [5.74, 6) is -0.236. The lowest BCUT2D eigenvalue weighted by Crippen LogP contribution is -2.13. The molecule has 1 rings (SSSR count). The van der Waals surface area contributed by atoms with Crippen LogP contribution in [0.15, 0.2) is 12.3 Å². The Balaban J connectivity index is 2.59. The van der Waals surface area contributed by atoms with Crippen LogP contribution in [0.5, 0.6) is 5.88 Å². The zero-order valence-electron chi connectivity index (χ0n) is 11.6. The lowest BCUT2D eigenvalue weighted by molar-refractivity contribution is 0.0696. The molecular formula is C14H22N2O3. The Morgan fingerprint density at radius 3 is 2.79 bits per heavy atom. The Labute approximate surface area is 113 Å². The van der Waals surface area contributed by atoms with Crippen molar-refractivity contribution in [2.45, 2.75) is 39.5 Å². The molecule has 0 amide bonds. The fourth-order valence-corrected chi connectivity index (χ4v) is 1.80. The summed E-state index contributed by atoms with van der Waals surface area (Å²) >= 11 is 0. The van der Waals surface area contributed by atoms with Crippen molar-refractivity contribution in [3.8, 4) is 5.88 Å². The maximum atomic E-state index is 10.8. The van der Waals surface area contributed by atoms with Crippen LogP contribution in [0.1, 0.15) is 49.9 Å². The standard InChI is InChI=1S/C14H22N2O3/c1-3-5-6-10(4-2)9-19-13-12(15)7-11(8-16-13)14(17)18/h7-8,10H,3-6,9,15H2,1-2H3,(H,17,18). The molecule has 0 aliphatic heterocycles. The quantitative estimate of drug-likeness (QED) is 0.755. The van der Waals surface area contributed by atoms with E-state index in [2.05, 4.69) is 18.8 Å². The number of pyridine rings is 1. The van der Waals surface area contributed by atoms with Gasteiger partial charge in [-0.1, -0.05) is 33.1 Å². The van der Waals surface area contributed by atoms with Crippen molar-refractivity contribution in [3.05, 3.63) is 17.8 Å². The summed E-state index contributed by atoms with van der Waals surface area (Å²) in [7, 11) is 0. The predicted octanol–water partition coefficient (Wildman–Crippen LogP) is 2.96. The van der Waals surface area contributed by atoms with E-state index < -0.39 is 5.97 Å². The summed E-state index contributed by atoms with van der Waals surface area (Å²) in [5, 5.41) is 8.82. The third-order valence-corrected chi connectivity index (χ3v) is 3.12. The number of rotatable bonds is 8. The second-order valence-electron chi connectivity index (χ2n) is 4.65. The topological polar surface area (TPSA) is 85.4 Å². The van der Waals surface area contributed by atoms with Gasteiger partial charge in [0.2, 0.25) is 5.88 Å². The van der Waals surface area contributed by atoms with Crippen molar-refractivity contribution >= 4 is 11.7 Å². The minimum absolute atomic E-state index is 0.0721. The van der Waals surface area contributed by atoms with Crippen LogP contribution in [0.25, 0.3) is 0 Å². The number of carbonyl (C=O) groups is 1. The highest BCUT2D eigenvalue weighted by atomic mass is 16.5. The Morgan fingerprint density at radius 2 is 2.26 bits per heavy atom. The highest BCUT2D eigenvalue weighted by molar-refractivity contribution is 5.88. The first-order valence-corrected chi connectivity index (χ1v) is 6.70. The number of anilines is 1. The van der Waals surface area contributed by atoms with Crippen molar-refractivity contribution in [2.24, 2.45) is 5.92 Å². The highest BCUT2D eigenvalue weighted by Gasteiger charge is 2.11. The van der Waals surface area contributed by atoms with Gasteiger partial charge in [0.05, 0.1) is 17.9 Å². The summed E-state index contributed by atoms with van der Waals surface area (Å²) in [4.78, 5) is 14.7. The van der Waals surface area contributed by atoms with E-state index in [1.807, 2.05) is 0 Å². The molecule has 1 unspecified atom stereocenters. The number of carboxylic acid groups (broad SMARTS) is 1. The van der Waals surface area contributed by atoms with Crippen LogP contribution in [0.2, 0.25) is 0 Å². The molecule has 1 aromatic heterocycles. The van der Waals surface area contributed by atoms with E-state index in [1.54, 1.807) is 0 Å². The summed E-state index contributed by atoms with van der Waals surface area (Å²) < 4.78 is 5.59. The monoisotopic (exact) mass is 266 g/mol. The molecule has 0 radical (unpaired) electrons. The number of ether oxygens (including phenoxy) is 1. The Bertz CT molecular complexity index is 421. The first kappa shape index (κ1) is 15.3. The fourth-order valence-electron chi connectivity index (χ4n) is 1.80. The first-order chi connectivity index (χ1) is 9.08. The van der Waals surface area contributed by atoms with Crippen molar-refractivity contribution in [2.75, 3.05) is 12.3 Å². The number of nitrogen functional groups attached to an aromatic ring is 1. The van der Waals surface area contributed by atoms with Gasteiger partial charge in [0.25, 0.3) is 0 Å². The number of hydrogen-bond donors (Lipinski definition) is 2. The van der Waals surface area contributed by atoms with Gasteiger partial charge in [-0.3, -0.25) is 0 Å². The van der Waals surface area contributed by atoms with E-state index in [9.17, 15) is 4.79 Å². The van der Waals surface area contributed by atoms with Crippen molar-refractivity contribution in [1.29, 1.82) is 0 Å². The van der Waals surface area contributed by atoms with E-state index >= 15 is 0 Å². The summed E-state index contributed by atoms with van der Waals surface area (Å²) in [6.07, 6.45) is 5.79.